The summed E-state index contributed by atoms with van der Waals surface area (Å²) in [7, 11) is -2.91. The number of para-hydroxylation sites is 4. The van der Waals surface area contributed by atoms with Crippen molar-refractivity contribution in [3.8, 4) is 28.2 Å². The zero-order valence-electron chi connectivity index (χ0n) is 38.3. The maximum Gasteiger partial charge on any atom is 0.179 e. The molecule has 14 aromatic rings. The molecular formula is C66H45N3Si. The Labute approximate surface area is 407 Å². The molecule has 70 heavy (non-hydrogen) atoms. The fraction of sp³-hybridized carbons (Fsp3) is 0. The second-order valence-corrected chi connectivity index (χ2v) is 22.2. The topological polar surface area (TPSA) is 14.8 Å². The maximum absolute atomic E-state index is 2.91. The third-order valence-corrected chi connectivity index (χ3v) is 19.6. The molecule has 0 saturated carbocycles. The van der Waals surface area contributed by atoms with Gasteiger partial charge in [-0.1, -0.05) is 218 Å². The van der Waals surface area contributed by atoms with Gasteiger partial charge >= 0.3 is 0 Å². The van der Waals surface area contributed by atoms with Crippen molar-refractivity contribution in [1.82, 2.24) is 13.7 Å². The summed E-state index contributed by atoms with van der Waals surface area (Å²) in [6.45, 7) is 0. The van der Waals surface area contributed by atoms with Gasteiger partial charge in [-0.05, 0) is 86.5 Å². The van der Waals surface area contributed by atoms with Crippen molar-refractivity contribution in [2.24, 2.45) is 0 Å². The minimum atomic E-state index is -2.91. The minimum Gasteiger partial charge on any atom is -0.309 e. The van der Waals surface area contributed by atoms with Crippen LogP contribution in [0.15, 0.2) is 273 Å². The van der Waals surface area contributed by atoms with E-state index in [0.29, 0.717) is 0 Å². The molecule has 11 aromatic carbocycles. The van der Waals surface area contributed by atoms with Crippen LogP contribution >= 0.6 is 0 Å². The molecule has 328 valence electrons. The van der Waals surface area contributed by atoms with Gasteiger partial charge in [-0.3, -0.25) is 0 Å². The molecule has 0 aliphatic rings. The summed E-state index contributed by atoms with van der Waals surface area (Å²) < 4.78 is 7.54. The van der Waals surface area contributed by atoms with E-state index in [0.717, 1.165) is 28.1 Å². The molecule has 0 amide bonds. The van der Waals surface area contributed by atoms with Crippen LogP contribution in [0.5, 0.6) is 0 Å². The van der Waals surface area contributed by atoms with Crippen LogP contribution in [-0.2, 0) is 0 Å². The summed E-state index contributed by atoms with van der Waals surface area (Å²) >= 11 is 0. The minimum absolute atomic E-state index is 1.12. The van der Waals surface area contributed by atoms with E-state index < -0.39 is 8.07 Å². The Morgan fingerprint density at radius 3 is 1.24 bits per heavy atom. The molecule has 0 bridgehead atoms. The van der Waals surface area contributed by atoms with Crippen molar-refractivity contribution in [3.05, 3.63) is 273 Å². The van der Waals surface area contributed by atoms with Crippen LogP contribution in [0.2, 0.25) is 0 Å². The molecule has 3 nitrogen and oxygen atoms in total. The summed E-state index contributed by atoms with van der Waals surface area (Å²) in [5.41, 5.74) is 12.9. The highest BCUT2D eigenvalue weighted by Gasteiger charge is 2.42. The van der Waals surface area contributed by atoms with Gasteiger partial charge in [-0.15, -0.1) is 0 Å². The van der Waals surface area contributed by atoms with E-state index in [2.05, 4.69) is 287 Å². The number of aromatic nitrogens is 3. The summed E-state index contributed by atoms with van der Waals surface area (Å²) in [5, 5.41) is 12.8. The number of fused-ring (bicyclic) bond motifs is 9. The van der Waals surface area contributed by atoms with Crippen LogP contribution in [0, 0.1) is 0 Å². The fourth-order valence-corrected chi connectivity index (χ4v) is 16.6. The van der Waals surface area contributed by atoms with Crippen molar-refractivity contribution in [2.45, 2.75) is 0 Å². The van der Waals surface area contributed by atoms with Gasteiger partial charge in [0.1, 0.15) is 0 Å². The van der Waals surface area contributed by atoms with E-state index in [1.807, 2.05) is 0 Å². The van der Waals surface area contributed by atoms with Gasteiger partial charge in [0.25, 0.3) is 0 Å². The number of rotatable bonds is 8. The van der Waals surface area contributed by atoms with Gasteiger partial charge < -0.3 is 13.7 Å². The Morgan fingerprint density at radius 2 is 0.657 bits per heavy atom. The van der Waals surface area contributed by atoms with Crippen LogP contribution in [0.1, 0.15) is 0 Å². The molecule has 3 heterocycles. The Morgan fingerprint density at radius 1 is 0.243 bits per heavy atom. The molecule has 0 atom stereocenters. The Balaban J connectivity index is 1.13. The number of hydrogen-bond acceptors (Lipinski definition) is 0. The smallest absolute Gasteiger partial charge is 0.179 e. The van der Waals surface area contributed by atoms with E-state index >= 15 is 0 Å². The zero-order chi connectivity index (χ0) is 46.2. The van der Waals surface area contributed by atoms with Crippen molar-refractivity contribution in [1.29, 1.82) is 0 Å². The number of nitrogens with zero attached hydrogens (tertiary/aromatic N) is 3. The molecule has 0 radical (unpaired) electrons. The first kappa shape index (κ1) is 40.1. The first-order valence-corrected chi connectivity index (χ1v) is 26.2. The second-order valence-electron chi connectivity index (χ2n) is 18.4. The summed E-state index contributed by atoms with van der Waals surface area (Å²) in [6.07, 6.45) is 0. The van der Waals surface area contributed by atoms with Gasteiger partial charge in [0, 0.05) is 38.0 Å². The third kappa shape index (κ3) is 5.94. The fourth-order valence-electron chi connectivity index (χ4n) is 11.9. The molecule has 0 N–H and O–H groups in total. The normalized spacial score (nSPS) is 12.0. The van der Waals surface area contributed by atoms with Gasteiger partial charge in [0.15, 0.2) is 8.07 Å². The lowest BCUT2D eigenvalue weighted by molar-refractivity contribution is 1.13. The molecule has 0 aliphatic carbocycles. The van der Waals surface area contributed by atoms with E-state index in [4.69, 9.17) is 0 Å². The lowest BCUT2D eigenvalue weighted by Gasteiger charge is -2.34. The van der Waals surface area contributed by atoms with Gasteiger partial charge in [-0.2, -0.15) is 0 Å². The van der Waals surface area contributed by atoms with Gasteiger partial charge in [0.05, 0.1) is 44.5 Å². The van der Waals surface area contributed by atoms with Gasteiger partial charge in [-0.25, -0.2) is 0 Å². The molecule has 0 aliphatic heterocycles. The van der Waals surface area contributed by atoms with Crippen LogP contribution in [-0.4, -0.2) is 21.8 Å². The molecule has 3 aromatic heterocycles. The quantitative estimate of drug-likeness (QED) is 0.107. The SMILES string of the molecule is c1ccc(-c2ccc(-n3c4ccccc4c4cccc(-n5c6ccc([Si](c7ccccc7)(c7ccccc7)c7ccccc7)cc6c6c(-n7c8ccccc8c8ccccc87)cccc65)c43)cc2)cc1. The molecular weight excluding hydrogens is 863 g/mol. The highest BCUT2D eigenvalue weighted by Crippen LogP contribution is 2.43. The van der Waals surface area contributed by atoms with E-state index in [9.17, 15) is 0 Å². The van der Waals surface area contributed by atoms with Crippen molar-refractivity contribution >= 4 is 94.2 Å². The molecule has 4 heteroatoms. The largest absolute Gasteiger partial charge is 0.309 e. The standard InChI is InChI=1S/C66H45N3Si/c1-5-21-46(22-6-1)47-39-41-48(42-40-47)67-58-33-16-15-31-55(58)56-32-19-38-64(66(56)67)69-61-44-43-52(70(49-23-7-2-8-24-49,50-25-9-3-10-26-50)51-27-11-4-12-28-51)45-57(61)65-62(36-20-37-63(65)69)68-59-34-17-13-29-53(59)54-30-14-18-35-60(54)68/h1-45H. The summed E-state index contributed by atoms with van der Waals surface area (Å²) in [6, 6.07) is 101. The van der Waals surface area contributed by atoms with Crippen molar-refractivity contribution in [3.63, 3.8) is 0 Å². The average molecular weight is 908 g/mol. The Bertz CT molecular complexity index is 4110. The maximum atomic E-state index is 2.57. The molecule has 0 fully saturated rings. The molecule has 14 rings (SSSR count). The molecule has 0 spiro atoms. The lowest BCUT2D eigenvalue weighted by atomic mass is 10.1. The van der Waals surface area contributed by atoms with Crippen molar-refractivity contribution < 1.29 is 0 Å². The molecule has 0 saturated heterocycles. The zero-order valence-corrected chi connectivity index (χ0v) is 39.3. The predicted octanol–water partition coefficient (Wildman–Crippen LogP) is 14.0. The van der Waals surface area contributed by atoms with E-state index in [1.54, 1.807) is 0 Å². The highest BCUT2D eigenvalue weighted by atomic mass is 28.3. The predicted molar refractivity (Wildman–Crippen MR) is 299 cm³/mol. The number of hydrogen-bond donors (Lipinski definition) is 0. The van der Waals surface area contributed by atoms with Crippen molar-refractivity contribution in [2.75, 3.05) is 0 Å². The second kappa shape index (κ2) is 16.1. The number of benzene rings is 11. The lowest BCUT2D eigenvalue weighted by Crippen LogP contribution is -2.74. The van der Waals surface area contributed by atoms with Gasteiger partial charge in [0.2, 0.25) is 0 Å². The van der Waals surface area contributed by atoms with E-state index in [1.165, 1.54) is 86.3 Å². The monoisotopic (exact) mass is 907 g/mol. The van der Waals surface area contributed by atoms with Crippen LogP contribution < -0.4 is 20.7 Å². The molecule has 0 unspecified atom stereocenters. The highest BCUT2D eigenvalue weighted by molar-refractivity contribution is 7.20. The Kier molecular flexibility index (Phi) is 9.23. The average Bonchev–Trinajstić information content (AvgIpc) is 4.08. The van der Waals surface area contributed by atoms with Crippen LogP contribution in [0.3, 0.4) is 0 Å². The summed E-state index contributed by atoms with van der Waals surface area (Å²) in [5.74, 6) is 0. The first-order chi connectivity index (χ1) is 34.8. The third-order valence-electron chi connectivity index (χ3n) is 14.8. The first-order valence-electron chi connectivity index (χ1n) is 24.2. The van der Waals surface area contributed by atoms with Crippen LogP contribution in [0.25, 0.3) is 93.6 Å². The van der Waals surface area contributed by atoms with E-state index in [-0.39, 0.29) is 0 Å². The Hall–Kier alpha value is -8.96. The summed E-state index contributed by atoms with van der Waals surface area (Å²) in [4.78, 5) is 0. The van der Waals surface area contributed by atoms with Crippen LogP contribution in [0.4, 0.5) is 0 Å².